The van der Waals surface area contributed by atoms with Gasteiger partial charge in [-0.05, 0) is 43.2 Å². The number of carbonyl (C=O) groups excluding carboxylic acids is 2. The van der Waals surface area contributed by atoms with Crippen LogP contribution in [0.5, 0.6) is 11.5 Å². The SMILES string of the molecule is COC(=O)c1cc(Oc2ccc(S(=O)(=O)N3CCCCC3)cc2[N+](=O)[O-])cc(C(=O)OC)c1. The number of ether oxygens (including phenoxy) is 3. The molecule has 2 aromatic carbocycles. The molecular weight excluding hydrogens is 456 g/mol. The molecule has 33 heavy (non-hydrogen) atoms. The molecule has 0 N–H and O–H groups in total. The van der Waals surface area contributed by atoms with Gasteiger partial charge in [0, 0.05) is 19.2 Å². The largest absolute Gasteiger partial charge is 0.465 e. The van der Waals surface area contributed by atoms with Crippen molar-refractivity contribution in [1.82, 2.24) is 4.31 Å². The van der Waals surface area contributed by atoms with Crippen LogP contribution in [-0.4, -0.2) is 56.9 Å². The maximum absolute atomic E-state index is 12.9. The molecule has 1 aliphatic heterocycles. The molecule has 1 heterocycles. The highest BCUT2D eigenvalue weighted by atomic mass is 32.2. The van der Waals surface area contributed by atoms with E-state index in [4.69, 9.17) is 4.74 Å². The first kappa shape index (κ1) is 24.1. The van der Waals surface area contributed by atoms with Gasteiger partial charge < -0.3 is 14.2 Å². The molecule has 0 atom stereocenters. The number of sulfonamides is 1. The Kier molecular flexibility index (Phi) is 7.29. The summed E-state index contributed by atoms with van der Waals surface area (Å²) in [5.74, 6) is -1.87. The Bertz CT molecular complexity index is 1150. The van der Waals surface area contributed by atoms with Crippen LogP contribution in [0.3, 0.4) is 0 Å². The van der Waals surface area contributed by atoms with E-state index in [9.17, 15) is 28.1 Å². The molecule has 0 amide bonds. The van der Waals surface area contributed by atoms with Crippen molar-refractivity contribution in [1.29, 1.82) is 0 Å². The van der Waals surface area contributed by atoms with Gasteiger partial charge in [-0.2, -0.15) is 4.31 Å². The van der Waals surface area contributed by atoms with Crippen LogP contribution in [0.4, 0.5) is 5.69 Å². The Morgan fingerprint density at radius 1 is 0.939 bits per heavy atom. The number of carbonyl (C=O) groups is 2. The van der Waals surface area contributed by atoms with Gasteiger partial charge in [0.1, 0.15) is 5.75 Å². The number of esters is 2. The fraction of sp³-hybridized carbons (Fsp3) is 0.333. The number of nitro benzene ring substituents is 1. The highest BCUT2D eigenvalue weighted by molar-refractivity contribution is 7.89. The maximum Gasteiger partial charge on any atom is 0.338 e. The van der Waals surface area contributed by atoms with E-state index in [1.54, 1.807) is 0 Å². The van der Waals surface area contributed by atoms with Crippen molar-refractivity contribution in [2.24, 2.45) is 0 Å². The van der Waals surface area contributed by atoms with Crippen molar-refractivity contribution in [3.05, 3.63) is 57.6 Å². The summed E-state index contributed by atoms with van der Waals surface area (Å²) in [6.07, 6.45) is 2.38. The van der Waals surface area contributed by atoms with Gasteiger partial charge in [-0.3, -0.25) is 10.1 Å². The topological polar surface area (TPSA) is 142 Å². The number of hydrogen-bond acceptors (Lipinski definition) is 9. The lowest BCUT2D eigenvalue weighted by Gasteiger charge is -2.25. The molecule has 0 saturated carbocycles. The molecule has 11 nitrogen and oxygen atoms in total. The number of benzene rings is 2. The summed E-state index contributed by atoms with van der Waals surface area (Å²) in [5.41, 5.74) is -0.666. The van der Waals surface area contributed by atoms with Crippen LogP contribution >= 0.6 is 0 Å². The summed E-state index contributed by atoms with van der Waals surface area (Å²) < 4.78 is 42.0. The van der Waals surface area contributed by atoms with E-state index < -0.39 is 32.6 Å². The van der Waals surface area contributed by atoms with Gasteiger partial charge in [0.25, 0.3) is 0 Å². The number of piperidine rings is 1. The lowest BCUT2D eigenvalue weighted by molar-refractivity contribution is -0.385. The van der Waals surface area contributed by atoms with E-state index in [1.165, 1.54) is 28.6 Å². The van der Waals surface area contributed by atoms with Crippen molar-refractivity contribution in [2.75, 3.05) is 27.3 Å². The van der Waals surface area contributed by atoms with Gasteiger partial charge in [0.15, 0.2) is 0 Å². The Hall–Kier alpha value is -3.51. The minimum atomic E-state index is -3.90. The van der Waals surface area contributed by atoms with E-state index in [0.717, 1.165) is 45.6 Å². The van der Waals surface area contributed by atoms with Crippen molar-refractivity contribution in [3.63, 3.8) is 0 Å². The lowest BCUT2D eigenvalue weighted by Crippen LogP contribution is -2.35. The van der Waals surface area contributed by atoms with Crippen LogP contribution in [0.2, 0.25) is 0 Å². The van der Waals surface area contributed by atoms with Crippen molar-refractivity contribution in [2.45, 2.75) is 24.2 Å². The number of nitro groups is 1. The number of methoxy groups -OCH3 is 2. The van der Waals surface area contributed by atoms with E-state index in [-0.39, 0.29) is 27.5 Å². The third-order valence-electron chi connectivity index (χ3n) is 5.06. The van der Waals surface area contributed by atoms with Crippen LogP contribution in [0.25, 0.3) is 0 Å². The highest BCUT2D eigenvalue weighted by Gasteiger charge is 2.29. The van der Waals surface area contributed by atoms with Crippen LogP contribution in [0, 0.1) is 10.1 Å². The second-order valence-electron chi connectivity index (χ2n) is 7.18. The zero-order valence-electron chi connectivity index (χ0n) is 18.0. The molecule has 1 fully saturated rings. The second-order valence-corrected chi connectivity index (χ2v) is 9.12. The molecule has 0 bridgehead atoms. The summed E-state index contributed by atoms with van der Waals surface area (Å²) >= 11 is 0. The predicted octanol–water partition coefficient (Wildman–Crippen LogP) is 3.13. The van der Waals surface area contributed by atoms with Gasteiger partial charge in [0.2, 0.25) is 15.8 Å². The smallest absolute Gasteiger partial charge is 0.338 e. The summed E-state index contributed by atoms with van der Waals surface area (Å²) in [7, 11) is -1.59. The summed E-state index contributed by atoms with van der Waals surface area (Å²) in [6, 6.07) is 7.02. The molecule has 1 saturated heterocycles. The van der Waals surface area contributed by atoms with Crippen LogP contribution in [0.15, 0.2) is 41.3 Å². The van der Waals surface area contributed by atoms with Crippen molar-refractivity contribution >= 4 is 27.6 Å². The molecule has 0 unspecified atom stereocenters. The lowest BCUT2D eigenvalue weighted by atomic mass is 10.1. The standard InChI is InChI=1S/C21H22N2O9S/c1-30-20(24)14-10-15(21(25)31-2)12-16(11-14)32-19-7-6-17(13-18(19)23(26)27)33(28,29)22-8-4-3-5-9-22/h6-7,10-13H,3-5,8-9H2,1-2H3. The van der Waals surface area contributed by atoms with E-state index >= 15 is 0 Å². The van der Waals surface area contributed by atoms with Crippen LogP contribution in [-0.2, 0) is 19.5 Å². The maximum atomic E-state index is 12.9. The van der Waals surface area contributed by atoms with Crippen LogP contribution in [0.1, 0.15) is 40.0 Å². The number of rotatable bonds is 7. The van der Waals surface area contributed by atoms with E-state index in [0.29, 0.717) is 13.1 Å². The number of hydrogen-bond donors (Lipinski definition) is 0. The van der Waals surface area contributed by atoms with Crippen molar-refractivity contribution in [3.8, 4) is 11.5 Å². The first-order valence-electron chi connectivity index (χ1n) is 9.95. The minimum Gasteiger partial charge on any atom is -0.465 e. The third-order valence-corrected chi connectivity index (χ3v) is 6.95. The normalized spacial score (nSPS) is 14.4. The van der Waals surface area contributed by atoms with Gasteiger partial charge in [-0.1, -0.05) is 6.42 Å². The second kappa shape index (κ2) is 9.96. The average Bonchev–Trinajstić information content (AvgIpc) is 2.83. The Morgan fingerprint density at radius 3 is 2.03 bits per heavy atom. The minimum absolute atomic E-state index is 0.0395. The first-order valence-corrected chi connectivity index (χ1v) is 11.4. The molecule has 3 rings (SSSR count). The fourth-order valence-corrected chi connectivity index (χ4v) is 4.93. The monoisotopic (exact) mass is 478 g/mol. The Labute approximate surface area is 190 Å². The molecule has 0 aromatic heterocycles. The Balaban J connectivity index is 2.01. The molecule has 0 spiro atoms. The third kappa shape index (κ3) is 5.29. The summed E-state index contributed by atoms with van der Waals surface area (Å²) in [4.78, 5) is 34.6. The molecule has 0 aliphatic carbocycles. The van der Waals surface area contributed by atoms with Gasteiger partial charge in [-0.15, -0.1) is 0 Å². The molecule has 176 valence electrons. The van der Waals surface area contributed by atoms with Crippen molar-refractivity contribution < 1.29 is 37.1 Å². The number of nitrogens with zero attached hydrogens (tertiary/aromatic N) is 2. The molecule has 1 aliphatic rings. The van der Waals surface area contributed by atoms with Gasteiger partial charge >= 0.3 is 17.6 Å². The zero-order valence-corrected chi connectivity index (χ0v) is 18.8. The van der Waals surface area contributed by atoms with Gasteiger partial charge in [-0.25, -0.2) is 18.0 Å². The average molecular weight is 478 g/mol. The molecule has 12 heteroatoms. The predicted molar refractivity (Wildman–Crippen MR) is 115 cm³/mol. The quantitative estimate of drug-likeness (QED) is 0.333. The van der Waals surface area contributed by atoms with E-state index in [1.807, 2.05) is 0 Å². The van der Waals surface area contributed by atoms with E-state index in [2.05, 4.69) is 9.47 Å². The zero-order chi connectivity index (χ0) is 24.2. The summed E-state index contributed by atoms with van der Waals surface area (Å²) in [6.45, 7) is 0.704. The molecular formula is C21H22N2O9S. The van der Waals surface area contributed by atoms with Gasteiger partial charge in [0.05, 0.1) is 35.2 Å². The summed E-state index contributed by atoms with van der Waals surface area (Å²) in [5, 5.41) is 11.7. The molecule has 2 aromatic rings. The Morgan fingerprint density at radius 2 is 1.52 bits per heavy atom. The van der Waals surface area contributed by atoms with Crippen LogP contribution < -0.4 is 4.74 Å². The first-order chi connectivity index (χ1) is 15.7. The highest BCUT2D eigenvalue weighted by Crippen LogP contribution is 2.35. The molecule has 0 radical (unpaired) electrons. The fourth-order valence-electron chi connectivity index (χ4n) is 3.40.